The molecular formula is C45H45ClN8O4. The monoisotopic (exact) mass is 796 g/mol. The van der Waals surface area contributed by atoms with Crippen LogP contribution in [-0.4, -0.2) is 84.8 Å². The van der Waals surface area contributed by atoms with Crippen LogP contribution in [0.15, 0.2) is 116 Å². The molecule has 2 fully saturated rings. The van der Waals surface area contributed by atoms with Gasteiger partial charge in [-0.25, -0.2) is 14.8 Å². The smallest absolute Gasteiger partial charge is 0.405 e. The molecule has 4 atom stereocenters. The van der Waals surface area contributed by atoms with E-state index >= 15 is 0 Å². The largest absolute Gasteiger partial charge is 0.465 e. The molecular weight excluding hydrogens is 752 g/mol. The zero-order valence-corrected chi connectivity index (χ0v) is 33.1. The summed E-state index contributed by atoms with van der Waals surface area (Å²) in [6, 6.07) is 31.0. The second-order valence-electron chi connectivity index (χ2n) is 15.1. The molecule has 2 aliphatic rings. The first kappa shape index (κ1) is 38.6. The molecule has 2 aliphatic heterocycles. The standard InChI is InChI=1S/C45H45ClN8O4/c1-52(2)40(33-12-6-7-13-34(33)46)44(56)54-25-9-15-38(54)42-48-27-36(50-42)31-22-18-29(19-23-31)28-16-20-30(21-17-28)35-26-47-41(49-35)37-14-8-24-53(37)43(55)39(51-45(57)58)32-10-4-3-5-11-32/h3-7,10-13,16-23,26-27,37-40,51H,8-9,14-15,24-25H2,1-2H3,(H,47,49)(H,48,50)(H,57,58)/t37-,38-,39+,40?/m0/s1. The van der Waals surface area contributed by atoms with E-state index in [0.29, 0.717) is 29.5 Å². The summed E-state index contributed by atoms with van der Waals surface area (Å²) < 4.78 is 0. The van der Waals surface area contributed by atoms with Crippen LogP contribution in [0.1, 0.15) is 72.6 Å². The number of H-pyrrole nitrogens is 2. The second-order valence-corrected chi connectivity index (χ2v) is 15.5. The van der Waals surface area contributed by atoms with Gasteiger partial charge in [-0.15, -0.1) is 0 Å². The Hall–Kier alpha value is -6.24. The van der Waals surface area contributed by atoms with Crippen molar-refractivity contribution in [3.63, 3.8) is 0 Å². The van der Waals surface area contributed by atoms with E-state index in [1.54, 1.807) is 35.4 Å². The van der Waals surface area contributed by atoms with Gasteiger partial charge in [-0.1, -0.05) is 109 Å². The van der Waals surface area contributed by atoms with Gasteiger partial charge in [0, 0.05) is 18.1 Å². The van der Waals surface area contributed by atoms with Crippen molar-refractivity contribution in [2.45, 2.75) is 49.9 Å². The van der Waals surface area contributed by atoms with E-state index in [1.165, 1.54) is 0 Å². The van der Waals surface area contributed by atoms with E-state index < -0.39 is 18.2 Å². The maximum Gasteiger partial charge on any atom is 0.405 e. The minimum atomic E-state index is -1.25. The predicted molar refractivity (Wildman–Crippen MR) is 223 cm³/mol. The van der Waals surface area contributed by atoms with Gasteiger partial charge in [-0.3, -0.25) is 14.5 Å². The Morgan fingerprint density at radius 2 is 1.19 bits per heavy atom. The molecule has 13 heteroatoms. The molecule has 0 saturated carbocycles. The number of rotatable bonds is 11. The minimum Gasteiger partial charge on any atom is -0.465 e. The van der Waals surface area contributed by atoms with Gasteiger partial charge in [-0.2, -0.15) is 0 Å². The van der Waals surface area contributed by atoms with E-state index in [4.69, 9.17) is 16.6 Å². The number of amides is 3. The van der Waals surface area contributed by atoms with Crippen molar-refractivity contribution < 1.29 is 19.5 Å². The van der Waals surface area contributed by atoms with Gasteiger partial charge < -0.3 is 30.2 Å². The van der Waals surface area contributed by atoms with Crippen molar-refractivity contribution in [1.29, 1.82) is 0 Å². The lowest BCUT2D eigenvalue weighted by Crippen LogP contribution is -2.42. The third-order valence-corrected chi connectivity index (χ3v) is 11.6. The van der Waals surface area contributed by atoms with Gasteiger partial charge in [0.1, 0.15) is 23.7 Å². The highest BCUT2D eigenvalue weighted by Gasteiger charge is 2.39. The molecule has 0 spiro atoms. The van der Waals surface area contributed by atoms with Crippen LogP contribution in [-0.2, 0) is 9.59 Å². The SMILES string of the molecule is CN(C)C(C(=O)N1CCC[C@H]1c1ncc(-c2ccc(-c3ccc(-c4cnc([C@@H]5CCCN5C(=O)[C@H](NC(=O)O)c5ccccc5)[nH]4)cc3)cc2)[nH]1)c1ccccc1Cl. The number of aromatic amines is 2. The number of carbonyl (C=O) groups is 3. The van der Waals surface area contributed by atoms with E-state index in [0.717, 1.165) is 70.7 Å². The van der Waals surface area contributed by atoms with E-state index in [9.17, 15) is 19.5 Å². The Balaban J connectivity index is 0.932. The molecule has 2 saturated heterocycles. The van der Waals surface area contributed by atoms with Crippen LogP contribution in [0.4, 0.5) is 4.79 Å². The first-order valence-electron chi connectivity index (χ1n) is 19.5. The Morgan fingerprint density at radius 1 is 0.707 bits per heavy atom. The van der Waals surface area contributed by atoms with Crippen molar-refractivity contribution >= 4 is 29.5 Å². The molecule has 2 aromatic heterocycles. The van der Waals surface area contributed by atoms with Crippen LogP contribution >= 0.6 is 11.6 Å². The van der Waals surface area contributed by atoms with Crippen molar-refractivity contribution in [3.05, 3.63) is 143 Å². The molecule has 296 valence electrons. The van der Waals surface area contributed by atoms with Gasteiger partial charge >= 0.3 is 6.09 Å². The summed E-state index contributed by atoms with van der Waals surface area (Å²) in [6.07, 6.45) is 5.61. The number of carbonyl (C=O) groups excluding carboxylic acids is 2. The third-order valence-electron chi connectivity index (χ3n) is 11.2. The number of nitrogens with one attached hydrogen (secondary N) is 3. The zero-order valence-electron chi connectivity index (χ0n) is 32.3. The maximum absolute atomic E-state index is 14.0. The van der Waals surface area contributed by atoms with Crippen LogP contribution in [0.2, 0.25) is 5.02 Å². The maximum atomic E-state index is 14.0. The first-order valence-corrected chi connectivity index (χ1v) is 19.9. The third kappa shape index (κ3) is 7.85. The summed E-state index contributed by atoms with van der Waals surface area (Å²) >= 11 is 6.54. The van der Waals surface area contributed by atoms with Crippen LogP contribution in [0.5, 0.6) is 0 Å². The predicted octanol–water partition coefficient (Wildman–Crippen LogP) is 8.43. The number of hydrogen-bond acceptors (Lipinski definition) is 6. The fraction of sp³-hybridized carbons (Fsp3) is 0.267. The summed E-state index contributed by atoms with van der Waals surface area (Å²) in [5.74, 6) is 1.16. The average molecular weight is 797 g/mol. The van der Waals surface area contributed by atoms with Crippen LogP contribution in [0.25, 0.3) is 33.6 Å². The number of halogens is 1. The summed E-state index contributed by atoms with van der Waals surface area (Å²) in [6.45, 7) is 1.18. The van der Waals surface area contributed by atoms with Crippen LogP contribution in [0, 0.1) is 0 Å². The summed E-state index contributed by atoms with van der Waals surface area (Å²) in [7, 11) is 3.80. The lowest BCUT2D eigenvalue weighted by Gasteiger charge is -2.32. The number of carboxylic acid groups (broad SMARTS) is 1. The second kappa shape index (κ2) is 16.7. The molecule has 12 nitrogen and oxygen atoms in total. The van der Waals surface area contributed by atoms with Crippen LogP contribution < -0.4 is 5.32 Å². The molecule has 4 heterocycles. The molecule has 58 heavy (non-hydrogen) atoms. The quantitative estimate of drug-likeness (QED) is 0.103. The van der Waals surface area contributed by atoms with Gasteiger partial charge in [-0.05, 0) is 79.2 Å². The van der Waals surface area contributed by atoms with E-state index in [2.05, 4.69) is 56.7 Å². The topological polar surface area (TPSA) is 151 Å². The zero-order chi connectivity index (χ0) is 40.3. The number of imidazole rings is 2. The van der Waals surface area contributed by atoms with Gasteiger partial charge in [0.25, 0.3) is 5.91 Å². The van der Waals surface area contributed by atoms with E-state index in [-0.39, 0.29) is 23.9 Å². The van der Waals surface area contributed by atoms with Crippen molar-refractivity contribution in [3.8, 4) is 33.6 Å². The highest BCUT2D eigenvalue weighted by molar-refractivity contribution is 6.31. The molecule has 1 unspecified atom stereocenters. The fourth-order valence-electron chi connectivity index (χ4n) is 8.33. The lowest BCUT2D eigenvalue weighted by atomic mass is 10.0. The number of nitrogens with zero attached hydrogens (tertiary/aromatic N) is 5. The van der Waals surface area contributed by atoms with Crippen molar-refractivity contribution in [2.75, 3.05) is 27.2 Å². The van der Waals surface area contributed by atoms with E-state index in [1.807, 2.05) is 72.6 Å². The minimum absolute atomic E-state index is 0.0128. The fourth-order valence-corrected chi connectivity index (χ4v) is 8.57. The number of likely N-dealkylation sites (tertiary alicyclic amines) is 2. The molecule has 0 radical (unpaired) electrons. The molecule has 4 aromatic carbocycles. The van der Waals surface area contributed by atoms with Crippen LogP contribution in [0.3, 0.4) is 0 Å². The highest BCUT2D eigenvalue weighted by Crippen LogP contribution is 2.38. The Morgan fingerprint density at radius 3 is 1.69 bits per heavy atom. The molecule has 0 aliphatic carbocycles. The molecule has 6 aromatic rings. The van der Waals surface area contributed by atoms with Crippen molar-refractivity contribution in [1.82, 2.24) is 40.0 Å². The molecule has 8 rings (SSSR count). The first-order chi connectivity index (χ1) is 28.2. The Kier molecular flexibility index (Phi) is 11.1. The Bertz CT molecular complexity index is 2400. The van der Waals surface area contributed by atoms with Gasteiger partial charge in [0.15, 0.2) is 0 Å². The summed E-state index contributed by atoms with van der Waals surface area (Å²) in [5.41, 5.74) is 7.17. The molecule has 3 amide bonds. The van der Waals surface area contributed by atoms with Gasteiger partial charge in [0.2, 0.25) is 5.91 Å². The lowest BCUT2D eigenvalue weighted by molar-refractivity contribution is -0.137. The van der Waals surface area contributed by atoms with Crippen molar-refractivity contribution in [2.24, 2.45) is 0 Å². The summed E-state index contributed by atoms with van der Waals surface area (Å²) in [5, 5.41) is 12.5. The average Bonchev–Trinajstić information content (AvgIpc) is 4.08. The molecule has 0 bridgehead atoms. The number of likely N-dealkylation sites (N-methyl/N-ethyl adjacent to an activating group) is 1. The highest BCUT2D eigenvalue weighted by atomic mass is 35.5. The van der Waals surface area contributed by atoms with Gasteiger partial charge in [0.05, 0.1) is 35.9 Å². The number of hydrogen-bond donors (Lipinski definition) is 4. The summed E-state index contributed by atoms with van der Waals surface area (Å²) in [4.78, 5) is 61.3. The Labute approximate surface area is 341 Å². The number of aromatic nitrogens is 4. The number of benzene rings is 4. The molecule has 4 N–H and O–H groups in total. The normalized spacial score (nSPS) is 17.7.